The Bertz CT molecular complexity index is 1860. The van der Waals surface area contributed by atoms with E-state index in [2.05, 4.69) is 25.1 Å². The van der Waals surface area contributed by atoms with Crippen molar-refractivity contribution in [2.45, 2.75) is 87.7 Å². The largest absolute Gasteiger partial charge is 0.485 e. The van der Waals surface area contributed by atoms with E-state index in [1.165, 1.54) is 26.2 Å². The number of nitrogens with two attached hydrogens (primary N) is 2. The summed E-state index contributed by atoms with van der Waals surface area (Å²) in [6.07, 6.45) is 1.63. The van der Waals surface area contributed by atoms with Crippen molar-refractivity contribution in [3.05, 3.63) is 40.4 Å². The molecule has 1 aromatic heterocycles. The third-order valence-electron chi connectivity index (χ3n) is 9.22. The van der Waals surface area contributed by atoms with E-state index in [9.17, 15) is 27.9 Å². The van der Waals surface area contributed by atoms with Crippen molar-refractivity contribution in [3.8, 4) is 5.75 Å². The van der Waals surface area contributed by atoms with Crippen LogP contribution in [-0.4, -0.2) is 106 Å². The number of nitrogen functional groups attached to an aromatic ring is 1. The van der Waals surface area contributed by atoms with Crippen LogP contribution in [0.1, 0.15) is 63.3 Å². The number of ether oxygens (including phenoxy) is 2. The van der Waals surface area contributed by atoms with E-state index in [0.29, 0.717) is 42.2 Å². The second-order valence-electron chi connectivity index (χ2n) is 13.4. The molecule has 3 atom stereocenters. The lowest BCUT2D eigenvalue weighted by molar-refractivity contribution is -0.218. The van der Waals surface area contributed by atoms with Crippen LogP contribution in [0.3, 0.4) is 0 Å². The first-order valence-corrected chi connectivity index (χ1v) is 18.0. The van der Waals surface area contributed by atoms with E-state index >= 15 is 0 Å². The van der Waals surface area contributed by atoms with Crippen molar-refractivity contribution in [2.75, 3.05) is 19.5 Å². The zero-order chi connectivity index (χ0) is 37.5. The fourth-order valence-electron chi connectivity index (χ4n) is 6.15. The first kappa shape index (κ1) is 37.8. The summed E-state index contributed by atoms with van der Waals surface area (Å²) in [4.78, 5) is 48.4. The van der Waals surface area contributed by atoms with Crippen LogP contribution in [0.25, 0.3) is 0 Å². The molecule has 0 spiro atoms. The van der Waals surface area contributed by atoms with Crippen LogP contribution in [0.2, 0.25) is 0 Å². The van der Waals surface area contributed by atoms with Crippen molar-refractivity contribution >= 4 is 56.2 Å². The number of carboxylic acid groups (broad SMARTS) is 1. The highest BCUT2D eigenvalue weighted by atomic mass is 32.3. The lowest BCUT2D eigenvalue weighted by atomic mass is 9.71. The van der Waals surface area contributed by atoms with Crippen molar-refractivity contribution in [2.24, 2.45) is 10.9 Å². The van der Waals surface area contributed by atoms with E-state index in [4.69, 9.17) is 35.7 Å². The first-order chi connectivity index (χ1) is 23.8. The monoisotopic (exact) mass is 752 g/mol. The van der Waals surface area contributed by atoms with Crippen molar-refractivity contribution in [3.63, 3.8) is 0 Å². The van der Waals surface area contributed by atoms with E-state index in [1.807, 2.05) is 0 Å². The van der Waals surface area contributed by atoms with Gasteiger partial charge in [0.15, 0.2) is 16.9 Å². The number of benzene rings is 1. The molecular formula is C30H40N8O11S2. The Kier molecular flexibility index (Phi) is 10.4. The van der Waals surface area contributed by atoms with Gasteiger partial charge in [-0.1, -0.05) is 5.16 Å². The van der Waals surface area contributed by atoms with Crippen molar-refractivity contribution in [1.82, 2.24) is 20.7 Å². The van der Waals surface area contributed by atoms with Gasteiger partial charge in [0, 0.05) is 36.2 Å². The zero-order valence-corrected chi connectivity index (χ0v) is 29.8. The summed E-state index contributed by atoms with van der Waals surface area (Å²) in [5.74, 6) is -2.86. The van der Waals surface area contributed by atoms with E-state index < -0.39 is 57.2 Å². The number of oxime groups is 1. The van der Waals surface area contributed by atoms with E-state index in [-0.39, 0.29) is 34.7 Å². The first-order valence-electron chi connectivity index (χ1n) is 15.7. The predicted molar refractivity (Wildman–Crippen MR) is 181 cm³/mol. The molecule has 3 heterocycles. The number of hydrogen-bond acceptors (Lipinski definition) is 15. The maximum atomic E-state index is 13.5. The van der Waals surface area contributed by atoms with Crippen LogP contribution < -0.4 is 26.8 Å². The summed E-state index contributed by atoms with van der Waals surface area (Å²) >= 11 is 0.959. The highest BCUT2D eigenvalue weighted by molar-refractivity contribution is 7.80. The quantitative estimate of drug-likeness (QED) is 0.0450. The highest BCUT2D eigenvalue weighted by Crippen LogP contribution is 2.36. The van der Waals surface area contributed by atoms with Gasteiger partial charge in [-0.05, 0) is 76.6 Å². The second kappa shape index (κ2) is 14.0. The number of nitrogens with zero attached hydrogens (tertiary/aromatic N) is 3. The SMILES string of the molecule is COCCC1(N)CC(NC(=N)c2ccc3c(c2)CCC(C(C)(ON=C(C(=O)NC2C(=O)N(OS(=O)(=O)O)C2(C)C)c2csc(N)n2)C(=O)O)O3)C1. The number of hydroxylamine groups is 2. The molecule has 21 heteroatoms. The van der Waals surface area contributed by atoms with Gasteiger partial charge < -0.3 is 41.5 Å². The molecule has 1 aromatic carbocycles. The van der Waals surface area contributed by atoms with Crippen LogP contribution in [0, 0.1) is 5.41 Å². The molecule has 1 aliphatic carbocycles. The molecule has 278 valence electrons. The number of anilines is 1. The molecule has 1 saturated carbocycles. The topological polar surface area (TPSA) is 291 Å². The number of fused-ring (bicyclic) bond motifs is 1. The van der Waals surface area contributed by atoms with Crippen LogP contribution >= 0.6 is 11.3 Å². The number of nitrogens with one attached hydrogen (secondary N) is 3. The van der Waals surface area contributed by atoms with Crippen LogP contribution in [0.15, 0.2) is 28.7 Å². The summed E-state index contributed by atoms with van der Waals surface area (Å²) in [7, 11) is -3.41. The number of aromatic nitrogens is 1. The van der Waals surface area contributed by atoms with Gasteiger partial charge in [-0.2, -0.15) is 13.5 Å². The van der Waals surface area contributed by atoms with Gasteiger partial charge in [0.25, 0.3) is 17.4 Å². The van der Waals surface area contributed by atoms with E-state index in [1.54, 1.807) is 25.3 Å². The molecule has 3 unspecified atom stereocenters. The number of β-lactam (4-membered cyclic amide) rings is 1. The second-order valence-corrected chi connectivity index (χ2v) is 15.3. The van der Waals surface area contributed by atoms with Crippen LogP contribution in [0.4, 0.5) is 5.13 Å². The molecule has 2 amide bonds. The minimum atomic E-state index is -5.04. The summed E-state index contributed by atoms with van der Waals surface area (Å²) in [6.45, 7) is 4.54. The third kappa shape index (κ3) is 7.92. The fourth-order valence-corrected chi connectivity index (χ4v) is 7.15. The predicted octanol–water partition coefficient (Wildman–Crippen LogP) is 0.334. The minimum absolute atomic E-state index is 0.0522. The number of rotatable bonds is 14. The average molecular weight is 753 g/mol. The number of carboxylic acids is 1. The molecule has 1 saturated heterocycles. The number of aryl methyl sites for hydroxylation is 1. The lowest BCUT2D eigenvalue weighted by Gasteiger charge is -2.50. The summed E-state index contributed by atoms with van der Waals surface area (Å²) < 4.78 is 46.9. The highest BCUT2D eigenvalue weighted by Gasteiger charge is 2.58. The number of carbonyl (C=O) groups is 3. The third-order valence-corrected chi connectivity index (χ3v) is 10.2. The van der Waals surface area contributed by atoms with Gasteiger partial charge in [-0.15, -0.1) is 15.6 Å². The van der Waals surface area contributed by atoms with Crippen LogP contribution in [0.5, 0.6) is 5.75 Å². The maximum absolute atomic E-state index is 13.5. The van der Waals surface area contributed by atoms with Crippen molar-refractivity contribution in [1.29, 1.82) is 5.41 Å². The smallest absolute Gasteiger partial charge is 0.418 e. The van der Waals surface area contributed by atoms with Gasteiger partial charge in [-0.25, -0.2) is 9.78 Å². The number of hydrogen-bond donors (Lipinski definition) is 7. The van der Waals surface area contributed by atoms with Gasteiger partial charge in [0.1, 0.15) is 23.3 Å². The van der Waals surface area contributed by atoms with Gasteiger partial charge >= 0.3 is 16.4 Å². The Balaban J connectivity index is 1.29. The normalized spacial score (nSPS) is 25.3. The number of thiazole rings is 1. The van der Waals surface area contributed by atoms with Gasteiger partial charge in [-0.3, -0.25) is 19.6 Å². The number of amidine groups is 1. The Morgan fingerprint density at radius 1 is 1.29 bits per heavy atom. The molecule has 0 radical (unpaired) electrons. The zero-order valence-electron chi connectivity index (χ0n) is 28.2. The molecule has 9 N–H and O–H groups in total. The fraction of sp³-hybridized carbons (Fsp3) is 0.533. The molecule has 51 heavy (non-hydrogen) atoms. The lowest BCUT2D eigenvalue weighted by Crippen LogP contribution is -2.76. The Morgan fingerprint density at radius 2 is 2.00 bits per heavy atom. The molecule has 2 fully saturated rings. The molecule has 5 rings (SSSR count). The summed E-state index contributed by atoms with van der Waals surface area (Å²) in [6, 6.07) is 3.86. The molecular weight excluding hydrogens is 713 g/mol. The standard InChI is InChI=1S/C30H40N8O11S2/c1-28(2)22(25(40)38(28)49-51(43,44)45)36-24(39)21(18-14-50-27(32)35-18)37-48-29(3,26(41)42)20-8-6-15-11-16(5-7-19(15)47-20)23(31)34-17-12-30(33,13-17)9-10-46-4/h5,7,11,14,17,20,22H,6,8-10,12-13,33H2,1-4H3,(H2,31,34)(H2,32,35)(H,36,39)(H,41,42)(H,43,44,45). The molecule has 2 aromatic rings. The van der Waals surface area contributed by atoms with E-state index in [0.717, 1.165) is 23.3 Å². The van der Waals surface area contributed by atoms with Gasteiger partial charge in [0.05, 0.1) is 5.54 Å². The number of amides is 2. The Morgan fingerprint density at radius 3 is 2.59 bits per heavy atom. The summed E-state index contributed by atoms with van der Waals surface area (Å²) in [5, 5.41) is 30.2. The average Bonchev–Trinajstić information content (AvgIpc) is 3.48. The van der Waals surface area contributed by atoms with Crippen molar-refractivity contribution < 1.29 is 51.1 Å². The molecule has 0 bridgehead atoms. The number of aliphatic carboxylic acids is 1. The number of carbonyl (C=O) groups excluding carboxylic acids is 2. The Labute approximate surface area is 297 Å². The molecule has 19 nitrogen and oxygen atoms in total. The molecule has 2 aliphatic heterocycles. The summed E-state index contributed by atoms with van der Waals surface area (Å²) in [5.41, 5.74) is 8.99. The van der Waals surface area contributed by atoms with Crippen LogP contribution in [-0.2, 0) is 45.1 Å². The Hall–Kier alpha value is -4.41. The van der Waals surface area contributed by atoms with Gasteiger partial charge in [0.2, 0.25) is 0 Å². The molecule has 3 aliphatic rings. The minimum Gasteiger partial charge on any atom is -0.485 e. The number of methoxy groups -OCH3 is 1. The maximum Gasteiger partial charge on any atom is 0.418 e.